The highest BCUT2D eigenvalue weighted by molar-refractivity contribution is 5.89. The highest BCUT2D eigenvalue weighted by atomic mass is 35.5. The molecule has 0 fully saturated rings. The van der Waals surface area contributed by atoms with Gasteiger partial charge in [0, 0.05) is 6.54 Å². The van der Waals surface area contributed by atoms with Gasteiger partial charge in [-0.1, -0.05) is 51.1 Å². The molecule has 0 bridgehead atoms. The van der Waals surface area contributed by atoms with Crippen molar-refractivity contribution in [2.75, 3.05) is 0 Å². The number of hydrogen-bond acceptors (Lipinski definition) is 3. The summed E-state index contributed by atoms with van der Waals surface area (Å²) in [5.74, 6) is -0.543. The molecule has 0 saturated carbocycles. The van der Waals surface area contributed by atoms with Gasteiger partial charge in [-0.15, -0.1) is 12.4 Å². The number of nitrogens with one attached hydrogen (secondary N) is 2. The normalized spacial score (nSPS) is 13.5. The fourth-order valence-electron chi connectivity index (χ4n) is 1.70. The lowest BCUT2D eigenvalue weighted by Gasteiger charge is -2.27. The van der Waals surface area contributed by atoms with E-state index in [2.05, 4.69) is 10.6 Å². The zero-order chi connectivity index (χ0) is 16.0. The minimum absolute atomic E-state index is 0. The number of rotatable bonds is 5. The van der Waals surface area contributed by atoms with Gasteiger partial charge in [0.05, 0.1) is 6.04 Å². The first-order chi connectivity index (χ1) is 9.71. The molecule has 0 aromatic heterocycles. The van der Waals surface area contributed by atoms with Gasteiger partial charge in [0.2, 0.25) is 11.8 Å². The summed E-state index contributed by atoms with van der Waals surface area (Å²) in [6, 6.07) is 8.33. The summed E-state index contributed by atoms with van der Waals surface area (Å²) < 4.78 is 0. The van der Waals surface area contributed by atoms with Gasteiger partial charge < -0.3 is 16.4 Å². The molecule has 0 heterocycles. The largest absolute Gasteiger partial charge is 0.350 e. The SMILES string of the molecule is CC(NC(=O)[C@@H](N)C(C)(C)C)C(=O)NCc1ccccc1.Cl. The molecule has 0 aliphatic heterocycles. The van der Waals surface area contributed by atoms with Crippen LogP contribution in [-0.4, -0.2) is 23.9 Å². The number of nitrogens with two attached hydrogens (primary N) is 1. The van der Waals surface area contributed by atoms with Crippen LogP contribution < -0.4 is 16.4 Å². The van der Waals surface area contributed by atoms with Crippen LogP contribution in [0.15, 0.2) is 30.3 Å². The molecule has 4 N–H and O–H groups in total. The topological polar surface area (TPSA) is 84.2 Å². The van der Waals surface area contributed by atoms with Gasteiger partial charge in [0.1, 0.15) is 6.04 Å². The van der Waals surface area contributed by atoms with E-state index in [1.54, 1.807) is 6.92 Å². The first-order valence-corrected chi connectivity index (χ1v) is 7.09. The molecule has 0 radical (unpaired) electrons. The van der Waals surface area contributed by atoms with E-state index in [1.807, 2.05) is 51.1 Å². The summed E-state index contributed by atoms with van der Waals surface area (Å²) in [5.41, 5.74) is 6.53. The summed E-state index contributed by atoms with van der Waals surface area (Å²) in [6.07, 6.45) is 0. The van der Waals surface area contributed by atoms with Crippen molar-refractivity contribution in [3.8, 4) is 0 Å². The lowest BCUT2D eigenvalue weighted by Crippen LogP contribution is -2.54. The van der Waals surface area contributed by atoms with Crippen molar-refractivity contribution in [2.24, 2.45) is 11.1 Å². The van der Waals surface area contributed by atoms with E-state index in [-0.39, 0.29) is 29.6 Å². The van der Waals surface area contributed by atoms with Gasteiger partial charge in [-0.2, -0.15) is 0 Å². The standard InChI is InChI=1S/C16H25N3O2.ClH/c1-11(19-15(21)13(17)16(2,3)4)14(20)18-10-12-8-6-5-7-9-12;/h5-9,11,13H,10,17H2,1-4H3,(H,18,20)(H,19,21);1H/t11?,13-;/m1./s1. The number of carbonyl (C=O) groups excluding carboxylic acids is 2. The molecule has 22 heavy (non-hydrogen) atoms. The smallest absolute Gasteiger partial charge is 0.242 e. The maximum absolute atomic E-state index is 12.0. The molecule has 1 aromatic carbocycles. The Morgan fingerprint density at radius 3 is 2.18 bits per heavy atom. The number of amides is 2. The van der Waals surface area contributed by atoms with Crippen LogP contribution >= 0.6 is 12.4 Å². The van der Waals surface area contributed by atoms with Crippen LogP contribution in [0.5, 0.6) is 0 Å². The molecule has 0 saturated heterocycles. The third kappa shape index (κ3) is 6.45. The molecule has 5 nitrogen and oxygen atoms in total. The summed E-state index contributed by atoms with van der Waals surface area (Å²) in [6.45, 7) is 7.74. The summed E-state index contributed by atoms with van der Waals surface area (Å²) in [5, 5.41) is 5.43. The summed E-state index contributed by atoms with van der Waals surface area (Å²) >= 11 is 0. The average molecular weight is 328 g/mol. The fourth-order valence-corrected chi connectivity index (χ4v) is 1.70. The van der Waals surface area contributed by atoms with Crippen LogP contribution in [0.2, 0.25) is 0 Å². The van der Waals surface area contributed by atoms with Crippen LogP contribution in [0.25, 0.3) is 0 Å². The molecule has 6 heteroatoms. The van der Waals surface area contributed by atoms with Crippen LogP contribution in [0.1, 0.15) is 33.3 Å². The van der Waals surface area contributed by atoms with Gasteiger partial charge in [-0.25, -0.2) is 0 Å². The lowest BCUT2D eigenvalue weighted by molar-refractivity contribution is -0.130. The molecule has 124 valence electrons. The van der Waals surface area contributed by atoms with Crippen LogP contribution in [0.3, 0.4) is 0 Å². The minimum Gasteiger partial charge on any atom is -0.350 e. The van der Waals surface area contributed by atoms with Crippen LogP contribution in [0, 0.1) is 5.41 Å². The van der Waals surface area contributed by atoms with E-state index in [9.17, 15) is 9.59 Å². The Labute approximate surface area is 138 Å². The predicted octanol–water partition coefficient (Wildman–Crippen LogP) is 1.60. The Kier molecular flexibility index (Phi) is 8.12. The van der Waals surface area contributed by atoms with Crippen LogP contribution in [-0.2, 0) is 16.1 Å². The van der Waals surface area contributed by atoms with E-state index in [0.717, 1.165) is 5.56 Å². The Bertz CT molecular complexity index is 486. The molecular formula is C16H26ClN3O2. The first-order valence-electron chi connectivity index (χ1n) is 7.09. The summed E-state index contributed by atoms with van der Waals surface area (Å²) in [4.78, 5) is 23.9. The maximum Gasteiger partial charge on any atom is 0.242 e. The van der Waals surface area contributed by atoms with Crippen molar-refractivity contribution >= 4 is 24.2 Å². The molecular weight excluding hydrogens is 302 g/mol. The van der Waals surface area contributed by atoms with Crippen molar-refractivity contribution < 1.29 is 9.59 Å². The fraction of sp³-hybridized carbons (Fsp3) is 0.500. The van der Waals surface area contributed by atoms with E-state index >= 15 is 0 Å². The Balaban J connectivity index is 0.00000441. The van der Waals surface area contributed by atoms with Gasteiger partial charge in [0.15, 0.2) is 0 Å². The lowest BCUT2D eigenvalue weighted by atomic mass is 9.87. The Morgan fingerprint density at radius 2 is 1.68 bits per heavy atom. The Hall–Kier alpha value is -1.59. The zero-order valence-electron chi connectivity index (χ0n) is 13.6. The van der Waals surface area contributed by atoms with Crippen molar-refractivity contribution in [3.05, 3.63) is 35.9 Å². The third-order valence-corrected chi connectivity index (χ3v) is 3.28. The van der Waals surface area contributed by atoms with Gasteiger partial charge in [0.25, 0.3) is 0 Å². The number of benzene rings is 1. The molecule has 0 aliphatic carbocycles. The van der Waals surface area contributed by atoms with Crippen molar-refractivity contribution in [1.82, 2.24) is 10.6 Å². The number of carbonyl (C=O) groups is 2. The van der Waals surface area contributed by atoms with E-state index in [1.165, 1.54) is 0 Å². The third-order valence-electron chi connectivity index (χ3n) is 3.28. The molecule has 1 unspecified atom stereocenters. The molecule has 0 spiro atoms. The second kappa shape index (κ2) is 8.76. The molecule has 2 amide bonds. The highest BCUT2D eigenvalue weighted by Gasteiger charge is 2.29. The highest BCUT2D eigenvalue weighted by Crippen LogP contribution is 2.17. The van der Waals surface area contributed by atoms with Crippen LogP contribution in [0.4, 0.5) is 0 Å². The van der Waals surface area contributed by atoms with Gasteiger partial charge >= 0.3 is 0 Å². The maximum atomic E-state index is 12.0. The second-order valence-corrected chi connectivity index (χ2v) is 6.28. The second-order valence-electron chi connectivity index (χ2n) is 6.28. The predicted molar refractivity (Wildman–Crippen MR) is 90.6 cm³/mol. The zero-order valence-corrected chi connectivity index (χ0v) is 14.4. The summed E-state index contributed by atoms with van der Waals surface area (Å²) in [7, 11) is 0. The van der Waals surface area contributed by atoms with E-state index in [4.69, 9.17) is 5.73 Å². The average Bonchev–Trinajstić information content (AvgIpc) is 2.43. The van der Waals surface area contributed by atoms with Crippen molar-refractivity contribution in [2.45, 2.75) is 46.3 Å². The van der Waals surface area contributed by atoms with Crippen molar-refractivity contribution in [1.29, 1.82) is 0 Å². The molecule has 2 atom stereocenters. The molecule has 0 aliphatic rings. The number of halogens is 1. The minimum atomic E-state index is -0.651. The quantitative estimate of drug-likeness (QED) is 0.768. The first kappa shape index (κ1) is 20.4. The van der Waals surface area contributed by atoms with Gasteiger partial charge in [-0.05, 0) is 17.9 Å². The number of hydrogen-bond donors (Lipinski definition) is 3. The monoisotopic (exact) mass is 327 g/mol. The molecule has 1 rings (SSSR count). The van der Waals surface area contributed by atoms with E-state index < -0.39 is 12.1 Å². The Morgan fingerprint density at radius 1 is 1.14 bits per heavy atom. The van der Waals surface area contributed by atoms with Crippen molar-refractivity contribution in [3.63, 3.8) is 0 Å². The van der Waals surface area contributed by atoms with E-state index in [0.29, 0.717) is 6.54 Å². The van der Waals surface area contributed by atoms with Gasteiger partial charge in [-0.3, -0.25) is 9.59 Å². The molecule has 1 aromatic rings.